The standard InChI is InChI=1S/C22H25NO3S/c1-4-26-15-12-20-17(2)22(23-13-5-6-14-23)11-10-21(20)18-8-7-9-19(16-18)27(3,24)25/h5-11,13-14,16H,4,12,15H2,1-3H3. The highest BCUT2D eigenvalue weighted by Gasteiger charge is 2.15. The van der Waals surface area contributed by atoms with Gasteiger partial charge in [-0.25, -0.2) is 8.42 Å². The molecule has 3 aromatic rings. The second-order valence-corrected chi connectivity index (χ2v) is 8.59. The van der Waals surface area contributed by atoms with Crippen molar-refractivity contribution in [2.45, 2.75) is 25.2 Å². The Hall–Kier alpha value is -2.37. The van der Waals surface area contributed by atoms with E-state index in [0.29, 0.717) is 18.1 Å². The molecule has 0 bridgehead atoms. The molecule has 0 fully saturated rings. The molecule has 0 aliphatic heterocycles. The molecule has 5 heteroatoms. The lowest BCUT2D eigenvalue weighted by atomic mass is 9.93. The van der Waals surface area contributed by atoms with Gasteiger partial charge in [-0.2, -0.15) is 0 Å². The first kappa shape index (κ1) is 19.4. The Kier molecular flexibility index (Phi) is 5.82. The third-order valence-electron chi connectivity index (χ3n) is 4.73. The van der Waals surface area contributed by atoms with Crippen LogP contribution in [0, 0.1) is 6.92 Å². The van der Waals surface area contributed by atoms with E-state index in [4.69, 9.17) is 4.74 Å². The van der Waals surface area contributed by atoms with E-state index in [1.165, 1.54) is 17.4 Å². The van der Waals surface area contributed by atoms with Gasteiger partial charge in [0.05, 0.1) is 11.5 Å². The molecule has 0 saturated heterocycles. The van der Waals surface area contributed by atoms with Crippen LogP contribution in [0.15, 0.2) is 65.8 Å². The molecule has 0 radical (unpaired) electrons. The van der Waals surface area contributed by atoms with Crippen molar-refractivity contribution in [3.05, 3.63) is 72.1 Å². The van der Waals surface area contributed by atoms with Crippen LogP contribution in [-0.4, -0.2) is 32.5 Å². The molecule has 0 aliphatic rings. The lowest BCUT2D eigenvalue weighted by molar-refractivity contribution is 0.151. The first-order valence-electron chi connectivity index (χ1n) is 9.06. The lowest BCUT2D eigenvalue weighted by Gasteiger charge is -2.18. The minimum atomic E-state index is -3.25. The summed E-state index contributed by atoms with van der Waals surface area (Å²) in [5.41, 5.74) is 5.43. The summed E-state index contributed by atoms with van der Waals surface area (Å²) < 4.78 is 31.6. The number of ether oxygens (including phenoxy) is 1. The van der Waals surface area contributed by atoms with Crippen LogP contribution in [0.2, 0.25) is 0 Å². The second kappa shape index (κ2) is 8.11. The van der Waals surface area contributed by atoms with Crippen molar-refractivity contribution >= 4 is 9.84 Å². The van der Waals surface area contributed by atoms with E-state index in [0.717, 1.165) is 23.2 Å². The van der Waals surface area contributed by atoms with Gasteiger partial charge in [0.15, 0.2) is 9.84 Å². The SMILES string of the molecule is CCOCCc1c(-c2cccc(S(C)(=O)=O)c2)ccc(-n2cccc2)c1C. The van der Waals surface area contributed by atoms with Gasteiger partial charge in [-0.3, -0.25) is 0 Å². The Morgan fingerprint density at radius 2 is 1.78 bits per heavy atom. The van der Waals surface area contributed by atoms with Crippen LogP contribution in [0.3, 0.4) is 0 Å². The average molecular weight is 384 g/mol. The minimum absolute atomic E-state index is 0.336. The first-order chi connectivity index (χ1) is 12.9. The van der Waals surface area contributed by atoms with E-state index in [1.54, 1.807) is 18.2 Å². The van der Waals surface area contributed by atoms with Crippen molar-refractivity contribution in [1.29, 1.82) is 0 Å². The Morgan fingerprint density at radius 3 is 2.44 bits per heavy atom. The van der Waals surface area contributed by atoms with Gasteiger partial charge in [-0.15, -0.1) is 0 Å². The molecule has 0 spiro atoms. The molecule has 27 heavy (non-hydrogen) atoms. The number of hydrogen-bond donors (Lipinski definition) is 0. The average Bonchev–Trinajstić information content (AvgIpc) is 3.17. The molecule has 142 valence electrons. The molecule has 0 aliphatic carbocycles. The van der Waals surface area contributed by atoms with Crippen molar-refractivity contribution in [3.8, 4) is 16.8 Å². The van der Waals surface area contributed by atoms with Gasteiger partial charge in [0.25, 0.3) is 0 Å². The Labute approximate surface area is 161 Å². The second-order valence-electron chi connectivity index (χ2n) is 6.57. The van der Waals surface area contributed by atoms with E-state index in [2.05, 4.69) is 23.6 Å². The smallest absolute Gasteiger partial charge is 0.175 e. The number of hydrogen-bond acceptors (Lipinski definition) is 3. The number of benzene rings is 2. The van der Waals surface area contributed by atoms with Crippen molar-refractivity contribution < 1.29 is 13.2 Å². The summed E-state index contributed by atoms with van der Waals surface area (Å²) in [7, 11) is -3.25. The summed E-state index contributed by atoms with van der Waals surface area (Å²) in [4.78, 5) is 0.336. The molecule has 0 N–H and O–H groups in total. The molecule has 2 aromatic carbocycles. The van der Waals surface area contributed by atoms with Gasteiger partial charge in [0.2, 0.25) is 0 Å². The molecule has 4 nitrogen and oxygen atoms in total. The topological polar surface area (TPSA) is 48.3 Å². The molecule has 0 amide bonds. The van der Waals surface area contributed by atoms with Gasteiger partial charge in [-0.1, -0.05) is 18.2 Å². The van der Waals surface area contributed by atoms with Crippen LogP contribution in [0.1, 0.15) is 18.1 Å². The molecule has 3 rings (SSSR count). The molecule has 1 heterocycles. The Bertz CT molecular complexity index is 1020. The maximum Gasteiger partial charge on any atom is 0.175 e. The largest absolute Gasteiger partial charge is 0.381 e. The third kappa shape index (κ3) is 4.31. The van der Waals surface area contributed by atoms with Gasteiger partial charge in [-0.05, 0) is 72.9 Å². The summed E-state index contributed by atoms with van der Waals surface area (Å²) in [6.45, 7) is 5.40. The summed E-state index contributed by atoms with van der Waals surface area (Å²) in [6.07, 6.45) is 6.06. The number of sulfone groups is 1. The fraction of sp³-hybridized carbons (Fsp3) is 0.273. The van der Waals surface area contributed by atoms with E-state index in [1.807, 2.05) is 37.5 Å². The summed E-state index contributed by atoms with van der Waals surface area (Å²) >= 11 is 0. The molecule has 0 saturated carbocycles. The van der Waals surface area contributed by atoms with Crippen molar-refractivity contribution in [1.82, 2.24) is 4.57 Å². The van der Waals surface area contributed by atoms with Crippen LogP contribution in [-0.2, 0) is 21.0 Å². The predicted molar refractivity (Wildman–Crippen MR) is 109 cm³/mol. The molecule has 0 atom stereocenters. The zero-order valence-corrected chi connectivity index (χ0v) is 16.8. The van der Waals surface area contributed by atoms with Crippen LogP contribution >= 0.6 is 0 Å². The fourth-order valence-electron chi connectivity index (χ4n) is 3.32. The van der Waals surface area contributed by atoms with Gasteiger partial charge in [0.1, 0.15) is 0 Å². The van der Waals surface area contributed by atoms with Gasteiger partial charge < -0.3 is 9.30 Å². The van der Waals surface area contributed by atoms with Crippen molar-refractivity contribution in [2.75, 3.05) is 19.5 Å². The minimum Gasteiger partial charge on any atom is -0.381 e. The lowest BCUT2D eigenvalue weighted by Crippen LogP contribution is -2.05. The highest BCUT2D eigenvalue weighted by atomic mass is 32.2. The zero-order valence-electron chi connectivity index (χ0n) is 16.0. The van der Waals surface area contributed by atoms with Crippen LogP contribution in [0.25, 0.3) is 16.8 Å². The van der Waals surface area contributed by atoms with Crippen LogP contribution in [0.4, 0.5) is 0 Å². The van der Waals surface area contributed by atoms with E-state index < -0.39 is 9.84 Å². The molecular formula is C22H25NO3S. The van der Waals surface area contributed by atoms with Crippen molar-refractivity contribution in [3.63, 3.8) is 0 Å². The molecule has 0 unspecified atom stereocenters. The Morgan fingerprint density at radius 1 is 1.04 bits per heavy atom. The molecular weight excluding hydrogens is 358 g/mol. The highest BCUT2D eigenvalue weighted by Crippen LogP contribution is 2.31. The number of aromatic nitrogens is 1. The number of nitrogens with zero attached hydrogens (tertiary/aromatic N) is 1. The monoisotopic (exact) mass is 383 g/mol. The molecule has 1 aromatic heterocycles. The van der Waals surface area contributed by atoms with E-state index in [9.17, 15) is 8.42 Å². The zero-order chi connectivity index (χ0) is 19.4. The predicted octanol–water partition coefficient (Wildman–Crippen LogP) is 4.44. The normalized spacial score (nSPS) is 11.7. The van der Waals surface area contributed by atoms with Crippen molar-refractivity contribution in [2.24, 2.45) is 0 Å². The van der Waals surface area contributed by atoms with Crippen LogP contribution in [0.5, 0.6) is 0 Å². The van der Waals surface area contributed by atoms with Gasteiger partial charge >= 0.3 is 0 Å². The highest BCUT2D eigenvalue weighted by molar-refractivity contribution is 7.90. The maximum atomic E-state index is 12.0. The third-order valence-corrected chi connectivity index (χ3v) is 5.84. The Balaban J connectivity index is 2.13. The van der Waals surface area contributed by atoms with Gasteiger partial charge in [0, 0.05) is 30.9 Å². The van der Waals surface area contributed by atoms with E-state index in [-0.39, 0.29) is 0 Å². The quantitative estimate of drug-likeness (QED) is 0.567. The number of rotatable bonds is 7. The summed E-state index contributed by atoms with van der Waals surface area (Å²) in [5.74, 6) is 0. The first-order valence-corrected chi connectivity index (χ1v) is 10.9. The van der Waals surface area contributed by atoms with E-state index >= 15 is 0 Å². The fourth-order valence-corrected chi connectivity index (χ4v) is 3.99. The van der Waals surface area contributed by atoms with Crippen LogP contribution < -0.4 is 0 Å². The maximum absolute atomic E-state index is 12.0. The summed E-state index contributed by atoms with van der Waals surface area (Å²) in [5, 5.41) is 0. The summed E-state index contributed by atoms with van der Waals surface area (Å²) in [6, 6.07) is 15.3.